The van der Waals surface area contributed by atoms with Crippen LogP contribution >= 0.6 is 0 Å². The smallest absolute Gasteiger partial charge is 0.321 e. The van der Waals surface area contributed by atoms with Crippen LogP contribution in [0.15, 0.2) is 30.5 Å². The van der Waals surface area contributed by atoms with Crippen molar-refractivity contribution in [2.45, 2.75) is 38.3 Å². The van der Waals surface area contributed by atoms with Gasteiger partial charge < -0.3 is 15.0 Å². The van der Waals surface area contributed by atoms with Crippen LogP contribution in [-0.4, -0.2) is 54.1 Å². The number of methoxy groups -OCH3 is 1. The summed E-state index contributed by atoms with van der Waals surface area (Å²) in [6, 6.07) is 5.50. The summed E-state index contributed by atoms with van der Waals surface area (Å²) in [7, 11) is 1.67. The van der Waals surface area contributed by atoms with Gasteiger partial charge in [0.15, 0.2) is 0 Å². The third kappa shape index (κ3) is 3.89. The van der Waals surface area contributed by atoms with Gasteiger partial charge >= 0.3 is 6.03 Å². The largest absolute Gasteiger partial charge is 0.497 e. The maximum Gasteiger partial charge on any atom is 0.321 e. The second-order valence-electron chi connectivity index (χ2n) is 7.50. The van der Waals surface area contributed by atoms with Crippen LogP contribution in [0.1, 0.15) is 31.7 Å². The molecule has 148 valence electrons. The fourth-order valence-corrected chi connectivity index (χ4v) is 3.60. The lowest BCUT2D eigenvalue weighted by Gasteiger charge is -2.30. The van der Waals surface area contributed by atoms with Crippen molar-refractivity contribution in [2.75, 3.05) is 20.2 Å². The number of amides is 3. The van der Waals surface area contributed by atoms with E-state index in [9.17, 15) is 9.59 Å². The highest BCUT2D eigenvalue weighted by atomic mass is 16.5. The molecule has 1 saturated carbocycles. The maximum absolute atomic E-state index is 12.4. The third-order valence-electron chi connectivity index (χ3n) is 5.55. The lowest BCUT2D eigenvalue weighted by Crippen LogP contribution is -2.50. The van der Waals surface area contributed by atoms with Gasteiger partial charge in [-0.3, -0.25) is 15.0 Å². The predicted molar refractivity (Wildman–Crippen MR) is 108 cm³/mol. The van der Waals surface area contributed by atoms with Crippen LogP contribution in [0.4, 0.5) is 4.79 Å². The number of imide groups is 1. The maximum atomic E-state index is 12.4. The molecule has 28 heavy (non-hydrogen) atoms. The SMILES string of the molecule is COc1ccc2[nH]cc(C3=CCN([C@@H](C)C(=O)NC(=O)NC4CC4)CC3)c2c1. The molecule has 0 bridgehead atoms. The Morgan fingerprint density at radius 3 is 2.82 bits per heavy atom. The van der Waals surface area contributed by atoms with Gasteiger partial charge in [0.05, 0.1) is 13.2 Å². The highest BCUT2D eigenvalue weighted by Crippen LogP contribution is 2.31. The molecule has 1 aromatic carbocycles. The molecule has 1 aliphatic carbocycles. The van der Waals surface area contributed by atoms with E-state index in [2.05, 4.69) is 26.6 Å². The number of nitrogens with zero attached hydrogens (tertiary/aromatic N) is 1. The summed E-state index contributed by atoms with van der Waals surface area (Å²) in [5.74, 6) is 0.577. The molecule has 4 rings (SSSR count). The van der Waals surface area contributed by atoms with Gasteiger partial charge in [-0.1, -0.05) is 6.08 Å². The molecular weight excluding hydrogens is 356 g/mol. The molecule has 2 heterocycles. The number of ether oxygens (including phenoxy) is 1. The van der Waals surface area contributed by atoms with Gasteiger partial charge in [0.25, 0.3) is 0 Å². The fraction of sp³-hybridized carbons (Fsp3) is 0.429. The van der Waals surface area contributed by atoms with Crippen molar-refractivity contribution < 1.29 is 14.3 Å². The summed E-state index contributed by atoms with van der Waals surface area (Å²) in [6.45, 7) is 3.28. The zero-order valence-corrected chi connectivity index (χ0v) is 16.2. The molecule has 1 aromatic heterocycles. The first-order valence-corrected chi connectivity index (χ1v) is 9.75. The van der Waals surface area contributed by atoms with E-state index in [1.807, 2.05) is 31.3 Å². The first-order chi connectivity index (χ1) is 13.5. The highest BCUT2D eigenvalue weighted by Gasteiger charge is 2.28. The summed E-state index contributed by atoms with van der Waals surface area (Å²) in [6.07, 6.45) is 7.03. The standard InChI is InChI=1S/C21H26N4O3/c1-13(20(26)24-21(27)23-15-3-4-15)25-9-7-14(8-10-25)18-12-22-19-6-5-16(28-2)11-17(18)19/h5-7,11-13,15,22H,3-4,8-10H2,1-2H3,(H2,23,24,26,27)/t13-/m0/s1. The van der Waals surface area contributed by atoms with Crippen molar-refractivity contribution in [1.82, 2.24) is 20.5 Å². The number of fused-ring (bicyclic) bond motifs is 1. The Labute approximate surface area is 164 Å². The van der Waals surface area contributed by atoms with E-state index in [0.29, 0.717) is 6.54 Å². The number of hydrogen-bond acceptors (Lipinski definition) is 4. The van der Waals surface area contributed by atoms with Gasteiger partial charge in [0.2, 0.25) is 5.91 Å². The fourth-order valence-electron chi connectivity index (χ4n) is 3.60. The Morgan fingerprint density at radius 2 is 2.14 bits per heavy atom. The third-order valence-corrected chi connectivity index (χ3v) is 5.55. The monoisotopic (exact) mass is 382 g/mol. The number of carbonyl (C=O) groups is 2. The molecule has 7 heteroatoms. The van der Waals surface area contributed by atoms with Crippen molar-refractivity contribution in [3.8, 4) is 5.75 Å². The highest BCUT2D eigenvalue weighted by molar-refractivity contribution is 5.97. The molecule has 3 amide bonds. The Bertz CT molecular complexity index is 929. The molecule has 1 fully saturated rings. The molecule has 0 spiro atoms. The van der Waals surface area contributed by atoms with Gasteiger partial charge in [0.1, 0.15) is 5.75 Å². The summed E-state index contributed by atoms with van der Waals surface area (Å²) in [5.41, 5.74) is 3.51. The molecular formula is C21H26N4O3. The molecule has 2 aromatic rings. The van der Waals surface area contributed by atoms with Gasteiger partial charge in [-0.15, -0.1) is 0 Å². The Balaban J connectivity index is 1.41. The molecule has 3 N–H and O–H groups in total. The first-order valence-electron chi connectivity index (χ1n) is 9.75. The summed E-state index contributed by atoms with van der Waals surface area (Å²) in [5, 5.41) is 6.37. The number of H-pyrrole nitrogens is 1. The number of aromatic amines is 1. The van der Waals surface area contributed by atoms with Crippen molar-refractivity contribution in [2.24, 2.45) is 0 Å². The molecule has 0 saturated heterocycles. The number of carbonyl (C=O) groups excluding carboxylic acids is 2. The van der Waals surface area contributed by atoms with E-state index >= 15 is 0 Å². The minimum atomic E-state index is -0.389. The average molecular weight is 382 g/mol. The number of urea groups is 1. The summed E-state index contributed by atoms with van der Waals surface area (Å²) in [4.78, 5) is 29.5. The van der Waals surface area contributed by atoms with Gasteiger partial charge in [-0.2, -0.15) is 0 Å². The molecule has 1 atom stereocenters. The topological polar surface area (TPSA) is 86.5 Å². The van der Waals surface area contributed by atoms with Crippen LogP contribution < -0.4 is 15.4 Å². The van der Waals surface area contributed by atoms with Crippen LogP contribution in [0, 0.1) is 0 Å². The van der Waals surface area contributed by atoms with Gasteiger partial charge in [0, 0.05) is 41.8 Å². The summed E-state index contributed by atoms with van der Waals surface area (Å²) < 4.78 is 5.35. The van der Waals surface area contributed by atoms with E-state index in [1.54, 1.807) is 7.11 Å². The summed E-state index contributed by atoms with van der Waals surface area (Å²) >= 11 is 0. The Morgan fingerprint density at radius 1 is 1.32 bits per heavy atom. The number of benzene rings is 1. The molecule has 7 nitrogen and oxygen atoms in total. The number of rotatable bonds is 5. The van der Waals surface area contributed by atoms with Crippen LogP contribution in [0.3, 0.4) is 0 Å². The van der Waals surface area contributed by atoms with E-state index in [0.717, 1.165) is 42.5 Å². The lowest BCUT2D eigenvalue weighted by molar-refractivity contribution is -0.124. The van der Waals surface area contributed by atoms with Gasteiger partial charge in [-0.05, 0) is 50.0 Å². The van der Waals surface area contributed by atoms with Crippen molar-refractivity contribution in [1.29, 1.82) is 0 Å². The van der Waals surface area contributed by atoms with E-state index in [-0.39, 0.29) is 24.0 Å². The van der Waals surface area contributed by atoms with Crippen molar-refractivity contribution in [3.63, 3.8) is 0 Å². The minimum Gasteiger partial charge on any atom is -0.497 e. The van der Waals surface area contributed by atoms with Crippen molar-refractivity contribution >= 4 is 28.4 Å². The van der Waals surface area contributed by atoms with E-state index in [1.165, 1.54) is 11.1 Å². The lowest BCUT2D eigenvalue weighted by atomic mass is 9.98. The first kappa shape index (κ1) is 18.6. The number of nitrogens with one attached hydrogen (secondary N) is 3. The van der Waals surface area contributed by atoms with Crippen molar-refractivity contribution in [3.05, 3.63) is 36.0 Å². The number of aromatic nitrogens is 1. The Hall–Kier alpha value is -2.80. The second kappa shape index (κ2) is 7.67. The quantitative estimate of drug-likeness (QED) is 0.742. The number of hydrogen-bond donors (Lipinski definition) is 3. The molecule has 0 radical (unpaired) electrons. The predicted octanol–water partition coefficient (Wildman–Crippen LogP) is 2.64. The average Bonchev–Trinajstić information content (AvgIpc) is 3.42. The zero-order valence-electron chi connectivity index (χ0n) is 16.2. The van der Waals surface area contributed by atoms with E-state index < -0.39 is 0 Å². The second-order valence-corrected chi connectivity index (χ2v) is 7.50. The van der Waals surface area contributed by atoms with Crippen LogP contribution in [0.25, 0.3) is 16.5 Å². The zero-order chi connectivity index (χ0) is 19.7. The molecule has 2 aliphatic rings. The Kier molecular flexibility index (Phi) is 5.09. The molecule has 1 aliphatic heterocycles. The van der Waals surface area contributed by atoms with Crippen LogP contribution in [0.2, 0.25) is 0 Å². The van der Waals surface area contributed by atoms with Crippen LogP contribution in [0.5, 0.6) is 5.75 Å². The normalized spacial score (nSPS) is 18.4. The van der Waals surface area contributed by atoms with Gasteiger partial charge in [-0.25, -0.2) is 4.79 Å². The molecule has 0 unspecified atom stereocenters. The minimum absolute atomic E-state index is 0.235. The van der Waals surface area contributed by atoms with E-state index in [4.69, 9.17) is 4.74 Å². The van der Waals surface area contributed by atoms with Crippen LogP contribution in [-0.2, 0) is 4.79 Å².